The summed E-state index contributed by atoms with van der Waals surface area (Å²) in [4.78, 5) is 21.9. The average Bonchev–Trinajstić information content (AvgIpc) is 3.24. The number of nitrogens with one attached hydrogen (secondary N) is 1. The molecule has 0 radical (unpaired) electrons. The molecule has 0 unspecified atom stereocenters. The first kappa shape index (κ1) is 19.1. The maximum Gasteiger partial charge on any atom is 0.408 e. The minimum atomic E-state index is -4.37. The topological polar surface area (TPSA) is 75.4 Å². The molecule has 152 valence electrons. The molecule has 3 aromatic heterocycles. The second kappa shape index (κ2) is 6.98. The van der Waals surface area contributed by atoms with Gasteiger partial charge in [0.1, 0.15) is 23.2 Å². The van der Waals surface area contributed by atoms with Gasteiger partial charge in [0.2, 0.25) is 0 Å². The van der Waals surface area contributed by atoms with E-state index in [-0.39, 0.29) is 35.7 Å². The fourth-order valence-electron chi connectivity index (χ4n) is 3.51. The normalized spacial score (nSPS) is 17.1. The molecule has 0 aromatic carbocycles. The Hall–Kier alpha value is -3.24. The number of carbonyl (C=O) groups is 1. The number of aryl methyl sites for hydroxylation is 1. The first-order chi connectivity index (χ1) is 13.7. The van der Waals surface area contributed by atoms with Gasteiger partial charge in [0, 0.05) is 18.8 Å². The number of pyridine rings is 1. The van der Waals surface area contributed by atoms with Crippen molar-refractivity contribution in [2.45, 2.75) is 32.0 Å². The molecule has 11 heteroatoms. The van der Waals surface area contributed by atoms with Crippen molar-refractivity contribution < 1.29 is 22.4 Å². The van der Waals surface area contributed by atoms with Crippen molar-refractivity contribution >= 4 is 23.1 Å². The van der Waals surface area contributed by atoms with Crippen molar-refractivity contribution in [2.24, 2.45) is 0 Å². The van der Waals surface area contributed by atoms with Gasteiger partial charge in [-0.3, -0.25) is 9.78 Å². The van der Waals surface area contributed by atoms with Crippen molar-refractivity contribution in [3.05, 3.63) is 47.8 Å². The van der Waals surface area contributed by atoms with Gasteiger partial charge in [0.05, 0.1) is 23.8 Å². The van der Waals surface area contributed by atoms with Gasteiger partial charge in [0.15, 0.2) is 5.65 Å². The van der Waals surface area contributed by atoms with Crippen LogP contribution < -0.4 is 10.2 Å². The Balaban J connectivity index is 1.71. The van der Waals surface area contributed by atoms with Crippen LogP contribution in [0.2, 0.25) is 0 Å². The molecule has 1 N–H and O–H groups in total. The Morgan fingerprint density at radius 2 is 2.10 bits per heavy atom. The van der Waals surface area contributed by atoms with Crippen LogP contribution in [0.4, 0.5) is 29.1 Å². The third-order valence-electron chi connectivity index (χ3n) is 4.76. The Labute approximate surface area is 162 Å². The molecular weight excluding hydrogens is 392 g/mol. The van der Waals surface area contributed by atoms with E-state index in [2.05, 4.69) is 20.4 Å². The van der Waals surface area contributed by atoms with E-state index < -0.39 is 23.9 Å². The number of rotatable bonds is 3. The first-order valence-corrected chi connectivity index (χ1v) is 8.85. The van der Waals surface area contributed by atoms with Gasteiger partial charge in [0.25, 0.3) is 5.91 Å². The number of amides is 1. The fourth-order valence-corrected chi connectivity index (χ4v) is 3.51. The molecular formula is C18H16F4N6O. The summed E-state index contributed by atoms with van der Waals surface area (Å²) in [5.41, 5.74) is 0.695. The molecule has 0 spiro atoms. The quantitative estimate of drug-likeness (QED) is 0.673. The molecule has 1 saturated heterocycles. The third kappa shape index (κ3) is 3.59. The van der Waals surface area contributed by atoms with Gasteiger partial charge in [-0.05, 0) is 25.8 Å². The summed E-state index contributed by atoms with van der Waals surface area (Å²) in [6.45, 7) is 1.80. The summed E-state index contributed by atoms with van der Waals surface area (Å²) >= 11 is 0. The van der Waals surface area contributed by atoms with Crippen LogP contribution in [-0.2, 0) is 0 Å². The van der Waals surface area contributed by atoms with E-state index >= 15 is 0 Å². The van der Waals surface area contributed by atoms with Crippen LogP contribution in [0.1, 0.15) is 28.9 Å². The number of carbonyl (C=O) groups excluding carboxylic acids is 1. The van der Waals surface area contributed by atoms with E-state index in [4.69, 9.17) is 0 Å². The monoisotopic (exact) mass is 408 g/mol. The van der Waals surface area contributed by atoms with Crippen molar-refractivity contribution in [1.29, 1.82) is 0 Å². The van der Waals surface area contributed by atoms with Crippen LogP contribution in [0.25, 0.3) is 5.65 Å². The molecule has 1 aliphatic heterocycles. The minimum Gasteiger partial charge on any atom is -0.344 e. The van der Waals surface area contributed by atoms with Gasteiger partial charge in [-0.1, -0.05) is 0 Å². The van der Waals surface area contributed by atoms with Crippen LogP contribution in [0, 0.1) is 12.7 Å². The number of anilines is 2. The highest BCUT2D eigenvalue weighted by Gasteiger charge is 2.46. The van der Waals surface area contributed by atoms with E-state index in [0.29, 0.717) is 12.1 Å². The molecule has 7 nitrogen and oxygen atoms in total. The lowest BCUT2D eigenvalue weighted by molar-refractivity contribution is -0.146. The molecule has 29 heavy (non-hydrogen) atoms. The molecule has 0 aliphatic carbocycles. The number of halogens is 4. The van der Waals surface area contributed by atoms with Gasteiger partial charge in [-0.2, -0.15) is 18.3 Å². The standard InChI is InChI=1S/C18H16F4N6O/c1-10-15(17(29)24-12-7-11(19)8-23-9-12)16-25-14(4-6-28(16)26-10)27-5-2-3-13(27)18(20,21)22/h4,6-9,13H,2-3,5H2,1H3,(H,24,29)/t13-/m1/s1. The Bertz CT molecular complexity index is 1080. The second-order valence-corrected chi connectivity index (χ2v) is 6.75. The van der Waals surface area contributed by atoms with E-state index in [1.807, 2.05) is 0 Å². The van der Waals surface area contributed by atoms with Crippen LogP contribution in [0.5, 0.6) is 0 Å². The summed E-state index contributed by atoms with van der Waals surface area (Å²) < 4.78 is 54.6. The molecule has 0 saturated carbocycles. The zero-order valence-electron chi connectivity index (χ0n) is 15.2. The van der Waals surface area contributed by atoms with Gasteiger partial charge >= 0.3 is 6.18 Å². The number of fused-ring (bicyclic) bond motifs is 1. The molecule has 1 fully saturated rings. The lowest BCUT2D eigenvalue weighted by Crippen LogP contribution is -2.41. The van der Waals surface area contributed by atoms with E-state index in [9.17, 15) is 22.4 Å². The number of hydrogen-bond donors (Lipinski definition) is 1. The molecule has 4 heterocycles. The fraction of sp³-hybridized carbons (Fsp3) is 0.333. The zero-order valence-corrected chi connectivity index (χ0v) is 15.2. The largest absolute Gasteiger partial charge is 0.408 e. The smallest absolute Gasteiger partial charge is 0.344 e. The summed E-state index contributed by atoms with van der Waals surface area (Å²) in [6, 6.07) is 0.932. The molecule has 1 amide bonds. The lowest BCUT2D eigenvalue weighted by Gasteiger charge is -2.27. The van der Waals surface area contributed by atoms with E-state index in [1.165, 1.54) is 27.9 Å². The van der Waals surface area contributed by atoms with Crippen LogP contribution in [0.3, 0.4) is 0 Å². The number of aromatic nitrogens is 4. The van der Waals surface area contributed by atoms with Crippen molar-refractivity contribution in [2.75, 3.05) is 16.8 Å². The predicted octanol–water partition coefficient (Wildman–Crippen LogP) is 3.36. The highest BCUT2D eigenvalue weighted by molar-refractivity contribution is 6.09. The van der Waals surface area contributed by atoms with Gasteiger partial charge < -0.3 is 10.2 Å². The maximum absolute atomic E-state index is 13.3. The first-order valence-electron chi connectivity index (χ1n) is 8.85. The Kier molecular flexibility index (Phi) is 4.59. The molecule has 3 aromatic rings. The summed E-state index contributed by atoms with van der Waals surface area (Å²) in [6.07, 6.45) is -0.234. The highest BCUT2D eigenvalue weighted by atomic mass is 19.4. The van der Waals surface area contributed by atoms with E-state index in [0.717, 1.165) is 12.3 Å². The predicted molar refractivity (Wildman–Crippen MR) is 96.3 cm³/mol. The number of hydrogen-bond acceptors (Lipinski definition) is 5. The molecule has 1 atom stereocenters. The zero-order chi connectivity index (χ0) is 20.8. The molecule has 0 bridgehead atoms. The third-order valence-corrected chi connectivity index (χ3v) is 4.76. The Morgan fingerprint density at radius 1 is 1.31 bits per heavy atom. The summed E-state index contributed by atoms with van der Waals surface area (Å²) in [5.74, 6) is -1.10. The average molecular weight is 408 g/mol. The van der Waals surface area contributed by atoms with Crippen LogP contribution in [-0.4, -0.2) is 44.3 Å². The molecule has 1 aliphatic rings. The van der Waals surface area contributed by atoms with Crippen LogP contribution >= 0.6 is 0 Å². The maximum atomic E-state index is 13.3. The highest BCUT2D eigenvalue weighted by Crippen LogP contribution is 2.35. The summed E-state index contributed by atoms with van der Waals surface area (Å²) in [5, 5.41) is 6.70. The Morgan fingerprint density at radius 3 is 2.83 bits per heavy atom. The van der Waals surface area contributed by atoms with Gasteiger partial charge in [-0.15, -0.1) is 0 Å². The molecule has 4 rings (SSSR count). The second-order valence-electron chi connectivity index (χ2n) is 6.75. The van der Waals surface area contributed by atoms with Crippen molar-refractivity contribution in [3.8, 4) is 0 Å². The van der Waals surface area contributed by atoms with Crippen molar-refractivity contribution in [1.82, 2.24) is 19.6 Å². The van der Waals surface area contributed by atoms with E-state index in [1.54, 1.807) is 6.92 Å². The lowest BCUT2D eigenvalue weighted by atomic mass is 10.2. The summed E-state index contributed by atoms with van der Waals surface area (Å²) in [7, 11) is 0. The van der Waals surface area contributed by atoms with Gasteiger partial charge in [-0.25, -0.2) is 13.9 Å². The SMILES string of the molecule is Cc1nn2ccc(N3CCC[C@@H]3C(F)(F)F)nc2c1C(=O)Nc1cncc(F)c1. The number of nitrogens with zero attached hydrogens (tertiary/aromatic N) is 5. The van der Waals surface area contributed by atoms with Crippen LogP contribution in [0.15, 0.2) is 30.7 Å². The number of alkyl halides is 3. The minimum absolute atomic E-state index is 0.00539. The van der Waals surface area contributed by atoms with Crippen molar-refractivity contribution in [3.63, 3.8) is 0 Å².